The van der Waals surface area contributed by atoms with E-state index in [4.69, 9.17) is 17.3 Å². The van der Waals surface area contributed by atoms with Gasteiger partial charge in [0.25, 0.3) is 0 Å². The van der Waals surface area contributed by atoms with E-state index in [9.17, 15) is 4.79 Å². The third-order valence-corrected chi connectivity index (χ3v) is 1.17. The van der Waals surface area contributed by atoms with Crippen molar-refractivity contribution in [3.05, 3.63) is 0 Å². The maximum Gasteiger partial charge on any atom is 0.404 e. The van der Waals surface area contributed by atoms with E-state index in [2.05, 4.69) is 10.7 Å². The molecule has 0 aromatic heterocycles. The fraction of sp³-hybridized carbons (Fsp3) is 0.571. The number of ether oxygens (including phenoxy) is 1. The summed E-state index contributed by atoms with van der Waals surface area (Å²) in [7, 11) is 0. The molecule has 11 heavy (non-hydrogen) atoms. The molecule has 0 spiro atoms. The highest BCUT2D eigenvalue weighted by atomic mass is 16.6. The van der Waals surface area contributed by atoms with Gasteiger partial charge in [-0.25, -0.2) is 4.79 Å². The van der Waals surface area contributed by atoms with Crippen LogP contribution in [0.25, 0.3) is 0 Å². The Labute approximate surface area is 65.3 Å². The maximum absolute atomic E-state index is 10.2. The SMILES string of the molecule is C#CCC(O)C(C)OC(N)=O. The number of hydrogen-bond acceptors (Lipinski definition) is 3. The van der Waals surface area contributed by atoms with Gasteiger partial charge in [0.1, 0.15) is 12.2 Å². The number of aliphatic hydroxyl groups excluding tert-OH is 1. The first-order valence-corrected chi connectivity index (χ1v) is 3.15. The molecule has 0 saturated heterocycles. The Morgan fingerprint density at radius 3 is 2.82 bits per heavy atom. The van der Waals surface area contributed by atoms with Crippen molar-refractivity contribution in [1.82, 2.24) is 0 Å². The molecule has 2 atom stereocenters. The fourth-order valence-corrected chi connectivity index (χ4v) is 0.548. The number of carbonyl (C=O) groups is 1. The van der Waals surface area contributed by atoms with E-state index in [0.717, 1.165) is 0 Å². The molecule has 0 rings (SSSR count). The van der Waals surface area contributed by atoms with Gasteiger partial charge in [-0.15, -0.1) is 12.3 Å². The van der Waals surface area contributed by atoms with Gasteiger partial charge in [-0.05, 0) is 6.92 Å². The first-order chi connectivity index (χ1) is 5.07. The zero-order valence-corrected chi connectivity index (χ0v) is 6.28. The average molecular weight is 157 g/mol. The van der Waals surface area contributed by atoms with Gasteiger partial charge in [-0.3, -0.25) is 0 Å². The standard InChI is InChI=1S/C7H11NO3/c1-3-4-6(9)5(2)11-7(8)10/h1,5-6,9H,4H2,2H3,(H2,8,10). The van der Waals surface area contributed by atoms with Crippen LogP contribution in [-0.4, -0.2) is 23.4 Å². The Bertz CT molecular complexity index is 173. The van der Waals surface area contributed by atoms with Gasteiger partial charge in [0.15, 0.2) is 0 Å². The van der Waals surface area contributed by atoms with E-state index < -0.39 is 18.3 Å². The first-order valence-electron chi connectivity index (χ1n) is 3.15. The number of amides is 1. The third kappa shape index (κ3) is 4.23. The smallest absolute Gasteiger partial charge is 0.404 e. The molecule has 0 aromatic carbocycles. The van der Waals surface area contributed by atoms with E-state index in [1.165, 1.54) is 6.92 Å². The highest BCUT2D eigenvalue weighted by molar-refractivity contribution is 5.64. The zero-order valence-electron chi connectivity index (χ0n) is 6.28. The predicted molar refractivity (Wildman–Crippen MR) is 39.6 cm³/mol. The molecule has 0 saturated carbocycles. The van der Waals surface area contributed by atoms with Crippen LogP contribution in [0.15, 0.2) is 0 Å². The Balaban J connectivity index is 3.74. The summed E-state index contributed by atoms with van der Waals surface area (Å²) in [5, 5.41) is 9.09. The van der Waals surface area contributed by atoms with Crippen LogP contribution in [0.5, 0.6) is 0 Å². The monoisotopic (exact) mass is 157 g/mol. The van der Waals surface area contributed by atoms with E-state index in [1.54, 1.807) is 0 Å². The number of nitrogens with two attached hydrogens (primary N) is 1. The molecule has 0 aliphatic carbocycles. The second kappa shape index (κ2) is 4.58. The van der Waals surface area contributed by atoms with Gasteiger partial charge in [0.05, 0.1) is 0 Å². The molecule has 0 aromatic rings. The van der Waals surface area contributed by atoms with Crippen LogP contribution in [0.3, 0.4) is 0 Å². The predicted octanol–water partition coefficient (Wildman–Crippen LogP) is -0.146. The first kappa shape index (κ1) is 9.79. The topological polar surface area (TPSA) is 72.6 Å². The van der Waals surface area contributed by atoms with Gasteiger partial charge in [-0.1, -0.05) is 0 Å². The molecular weight excluding hydrogens is 146 g/mol. The van der Waals surface area contributed by atoms with Crippen LogP contribution in [0.1, 0.15) is 13.3 Å². The summed E-state index contributed by atoms with van der Waals surface area (Å²) in [4.78, 5) is 10.2. The Hall–Kier alpha value is -1.21. The third-order valence-electron chi connectivity index (χ3n) is 1.17. The highest BCUT2D eigenvalue weighted by Gasteiger charge is 2.15. The highest BCUT2D eigenvalue weighted by Crippen LogP contribution is 2.01. The number of rotatable bonds is 3. The van der Waals surface area contributed by atoms with Gasteiger partial charge in [0.2, 0.25) is 0 Å². The van der Waals surface area contributed by atoms with E-state index in [1.807, 2.05) is 0 Å². The van der Waals surface area contributed by atoms with Crippen molar-refractivity contribution in [2.75, 3.05) is 0 Å². The molecule has 0 fully saturated rings. The summed E-state index contributed by atoms with van der Waals surface area (Å²) in [6.45, 7) is 1.52. The van der Waals surface area contributed by atoms with Crippen molar-refractivity contribution in [3.8, 4) is 12.3 Å². The number of aliphatic hydroxyl groups is 1. The van der Waals surface area contributed by atoms with Crippen LogP contribution >= 0.6 is 0 Å². The quantitative estimate of drug-likeness (QED) is 0.560. The number of hydrogen-bond donors (Lipinski definition) is 2. The summed E-state index contributed by atoms with van der Waals surface area (Å²) in [6, 6.07) is 0. The van der Waals surface area contributed by atoms with Crippen molar-refractivity contribution in [3.63, 3.8) is 0 Å². The molecule has 0 aliphatic heterocycles. The Morgan fingerprint density at radius 1 is 1.91 bits per heavy atom. The second-order valence-corrected chi connectivity index (χ2v) is 2.12. The summed E-state index contributed by atoms with van der Waals surface area (Å²) < 4.78 is 4.46. The summed E-state index contributed by atoms with van der Waals surface area (Å²) in [5.41, 5.74) is 4.70. The Morgan fingerprint density at radius 2 is 2.45 bits per heavy atom. The number of carbonyl (C=O) groups excluding carboxylic acids is 1. The van der Waals surface area contributed by atoms with E-state index >= 15 is 0 Å². The maximum atomic E-state index is 10.2. The van der Waals surface area contributed by atoms with Crippen molar-refractivity contribution in [1.29, 1.82) is 0 Å². The molecule has 2 unspecified atom stereocenters. The fourth-order valence-electron chi connectivity index (χ4n) is 0.548. The minimum Gasteiger partial charge on any atom is -0.444 e. The van der Waals surface area contributed by atoms with Gasteiger partial charge in [0, 0.05) is 6.42 Å². The lowest BCUT2D eigenvalue weighted by atomic mass is 10.2. The molecule has 0 radical (unpaired) electrons. The summed E-state index contributed by atoms with van der Waals surface area (Å²) in [5.74, 6) is 2.24. The second-order valence-electron chi connectivity index (χ2n) is 2.12. The molecule has 3 N–H and O–H groups in total. The van der Waals surface area contributed by atoms with Crippen LogP contribution in [0, 0.1) is 12.3 Å². The van der Waals surface area contributed by atoms with E-state index in [-0.39, 0.29) is 6.42 Å². The minimum atomic E-state index is -0.909. The van der Waals surface area contributed by atoms with Crippen molar-refractivity contribution < 1.29 is 14.6 Å². The summed E-state index contributed by atoms with van der Waals surface area (Å²) in [6.07, 6.45) is 2.67. The van der Waals surface area contributed by atoms with Crippen molar-refractivity contribution in [2.24, 2.45) is 5.73 Å². The average Bonchev–Trinajstić information content (AvgIpc) is 1.86. The molecule has 62 valence electrons. The molecule has 4 nitrogen and oxygen atoms in total. The molecule has 0 aliphatic rings. The van der Waals surface area contributed by atoms with Gasteiger partial charge in [-0.2, -0.15) is 0 Å². The van der Waals surface area contributed by atoms with Crippen molar-refractivity contribution in [2.45, 2.75) is 25.6 Å². The summed E-state index contributed by atoms with van der Waals surface area (Å²) >= 11 is 0. The molecule has 0 heterocycles. The molecule has 4 heteroatoms. The molecular formula is C7H11NO3. The van der Waals surface area contributed by atoms with Crippen LogP contribution < -0.4 is 5.73 Å². The van der Waals surface area contributed by atoms with Crippen LogP contribution in [0.2, 0.25) is 0 Å². The van der Waals surface area contributed by atoms with Gasteiger partial charge < -0.3 is 15.6 Å². The van der Waals surface area contributed by atoms with Crippen molar-refractivity contribution >= 4 is 6.09 Å². The normalized spacial score (nSPS) is 14.6. The van der Waals surface area contributed by atoms with Crippen LogP contribution in [-0.2, 0) is 4.74 Å². The largest absolute Gasteiger partial charge is 0.444 e. The van der Waals surface area contributed by atoms with Gasteiger partial charge >= 0.3 is 6.09 Å². The van der Waals surface area contributed by atoms with E-state index in [0.29, 0.717) is 0 Å². The molecule has 1 amide bonds. The zero-order chi connectivity index (χ0) is 8.85. The number of terminal acetylenes is 1. The lowest BCUT2D eigenvalue weighted by Crippen LogP contribution is -2.30. The van der Waals surface area contributed by atoms with Crippen LogP contribution in [0.4, 0.5) is 4.79 Å². The number of primary amides is 1. The Kier molecular flexibility index (Phi) is 4.08. The lowest BCUT2D eigenvalue weighted by Gasteiger charge is -2.15. The minimum absolute atomic E-state index is 0.147. The molecule has 0 bridgehead atoms. The lowest BCUT2D eigenvalue weighted by molar-refractivity contribution is 0.0196.